The van der Waals surface area contributed by atoms with Crippen molar-refractivity contribution in [2.45, 2.75) is 39.5 Å². The van der Waals surface area contributed by atoms with Gasteiger partial charge in [0, 0.05) is 18.2 Å². The van der Waals surface area contributed by atoms with Crippen molar-refractivity contribution in [3.05, 3.63) is 80.4 Å². The molecule has 34 heavy (non-hydrogen) atoms. The van der Waals surface area contributed by atoms with E-state index in [9.17, 15) is 14.4 Å². The van der Waals surface area contributed by atoms with E-state index in [1.165, 1.54) is 24.5 Å². The zero-order valence-corrected chi connectivity index (χ0v) is 20.5. The number of aliphatic hydroxyl groups excluding tert-OH is 1. The summed E-state index contributed by atoms with van der Waals surface area (Å²) < 4.78 is 9.32. The molecule has 1 aromatic carbocycles. The van der Waals surface area contributed by atoms with Crippen LogP contribution in [-0.2, 0) is 23.9 Å². The van der Waals surface area contributed by atoms with Crippen LogP contribution in [0.2, 0.25) is 0 Å². The van der Waals surface area contributed by atoms with Gasteiger partial charge in [-0.15, -0.1) is 0 Å². The number of aliphatic hydroxyl groups is 1. The van der Waals surface area contributed by atoms with Crippen LogP contribution in [0.15, 0.2) is 74.9 Å². The van der Waals surface area contributed by atoms with Crippen molar-refractivity contribution in [3.63, 3.8) is 0 Å². The Hall–Kier alpha value is -3.45. The number of esters is 2. The van der Waals surface area contributed by atoms with E-state index in [1.807, 2.05) is 36.4 Å². The molecule has 0 amide bonds. The normalized spacial score (nSPS) is 9.50. The van der Waals surface area contributed by atoms with E-state index >= 15 is 0 Å². The Labute approximate surface area is 204 Å². The number of rotatable bonds is 12. The molecule has 1 aromatic rings. The average Bonchev–Trinajstić information content (AvgIpc) is 2.88. The van der Waals surface area contributed by atoms with Gasteiger partial charge in [0.2, 0.25) is 0 Å². The summed E-state index contributed by atoms with van der Waals surface area (Å²) in [6.07, 6.45) is 9.57. The van der Waals surface area contributed by atoms with Crippen LogP contribution >= 0.6 is 0 Å². The van der Waals surface area contributed by atoms with E-state index in [4.69, 9.17) is 14.9 Å². The van der Waals surface area contributed by atoms with Crippen LogP contribution in [0.4, 0.5) is 0 Å². The Balaban J connectivity index is -0.000000399. The molecule has 0 aliphatic carbocycles. The van der Waals surface area contributed by atoms with Gasteiger partial charge in [-0.05, 0) is 17.9 Å². The number of ether oxygens (including phenoxy) is 2. The summed E-state index contributed by atoms with van der Waals surface area (Å²) in [4.78, 5) is 30.1. The number of hydrogen-bond acceptors (Lipinski definition) is 6. The van der Waals surface area contributed by atoms with Gasteiger partial charge in [0.1, 0.15) is 6.61 Å². The molecule has 190 valence electrons. The molecule has 0 saturated carbocycles. The summed E-state index contributed by atoms with van der Waals surface area (Å²) in [5.41, 5.74) is 1.17. The fourth-order valence-electron chi connectivity index (χ4n) is 1.95. The summed E-state index contributed by atoms with van der Waals surface area (Å²) in [6, 6.07) is 10.0. The molecule has 0 bridgehead atoms. The van der Waals surface area contributed by atoms with E-state index in [2.05, 4.69) is 44.9 Å². The van der Waals surface area contributed by atoms with Crippen molar-refractivity contribution in [1.82, 2.24) is 0 Å². The van der Waals surface area contributed by atoms with Crippen molar-refractivity contribution < 1.29 is 34.1 Å². The molecule has 1 unspecified atom stereocenters. The SMILES string of the molecule is C=CC(=O)O.C=CC(=O)OCC(CC)CCCC.C=CC(=O)OCCO.C=Cc1ccccc1. The largest absolute Gasteiger partial charge is 0.478 e. The Morgan fingerprint density at radius 3 is 1.82 bits per heavy atom. The topological polar surface area (TPSA) is 110 Å². The second-order valence-corrected chi connectivity index (χ2v) is 6.50. The smallest absolute Gasteiger partial charge is 0.330 e. The van der Waals surface area contributed by atoms with Crippen LogP contribution in [0.25, 0.3) is 6.08 Å². The van der Waals surface area contributed by atoms with Crippen molar-refractivity contribution in [2.24, 2.45) is 5.92 Å². The van der Waals surface area contributed by atoms with Crippen LogP contribution < -0.4 is 0 Å². The highest BCUT2D eigenvalue weighted by atomic mass is 16.5. The molecule has 0 aliphatic rings. The number of aliphatic carboxylic acids is 1. The van der Waals surface area contributed by atoms with Gasteiger partial charge in [0.25, 0.3) is 0 Å². The highest BCUT2D eigenvalue weighted by Crippen LogP contribution is 2.12. The van der Waals surface area contributed by atoms with Gasteiger partial charge in [-0.3, -0.25) is 0 Å². The highest BCUT2D eigenvalue weighted by Gasteiger charge is 2.07. The van der Waals surface area contributed by atoms with Gasteiger partial charge in [0.05, 0.1) is 13.2 Å². The minimum absolute atomic E-state index is 0.0465. The predicted octanol–water partition coefficient (Wildman–Crippen LogP) is 5.23. The van der Waals surface area contributed by atoms with Crippen molar-refractivity contribution >= 4 is 24.0 Å². The molecule has 0 radical (unpaired) electrons. The van der Waals surface area contributed by atoms with Crippen molar-refractivity contribution in [3.8, 4) is 0 Å². The second-order valence-electron chi connectivity index (χ2n) is 6.50. The van der Waals surface area contributed by atoms with E-state index < -0.39 is 11.9 Å². The molecule has 1 atom stereocenters. The molecular weight excluding hydrogens is 436 g/mol. The molecule has 7 nitrogen and oxygen atoms in total. The minimum Gasteiger partial charge on any atom is -0.478 e. The van der Waals surface area contributed by atoms with E-state index in [-0.39, 0.29) is 19.2 Å². The lowest BCUT2D eigenvalue weighted by atomic mass is 10.0. The Morgan fingerprint density at radius 2 is 1.47 bits per heavy atom. The first kappa shape index (κ1) is 35.1. The predicted molar refractivity (Wildman–Crippen MR) is 137 cm³/mol. The molecule has 7 heteroatoms. The van der Waals surface area contributed by atoms with Crippen molar-refractivity contribution in [1.29, 1.82) is 0 Å². The Bertz CT molecular complexity index is 696. The Kier molecular flexibility index (Phi) is 28.5. The second kappa shape index (κ2) is 27.6. The maximum absolute atomic E-state index is 10.8. The van der Waals surface area contributed by atoms with E-state index in [0.717, 1.165) is 25.0 Å². The number of carbonyl (C=O) groups is 3. The lowest BCUT2D eigenvalue weighted by Crippen LogP contribution is -2.12. The summed E-state index contributed by atoms with van der Waals surface area (Å²) in [6.45, 7) is 17.8. The maximum atomic E-state index is 10.8. The monoisotopic (exact) mass is 476 g/mol. The standard InChI is InChI=1S/C11H20O2.C8H8.C5H8O3.C3H4O2/c1-4-7-8-10(5-2)9-13-11(12)6-3;1-2-8-6-4-3-5-7-8;1-2-5(7)8-4-3-6;1-2-3(4)5/h6,10H,3-5,7-9H2,1-2H3;2-7H,1H2;2,6H,1,3-4H2;2H,1H2,(H,4,5). The van der Waals surface area contributed by atoms with Crippen molar-refractivity contribution in [2.75, 3.05) is 19.8 Å². The number of hydrogen-bond donors (Lipinski definition) is 2. The quantitative estimate of drug-likeness (QED) is 0.314. The number of carbonyl (C=O) groups excluding carboxylic acids is 2. The minimum atomic E-state index is -0.981. The van der Waals surface area contributed by atoms with Gasteiger partial charge >= 0.3 is 17.9 Å². The maximum Gasteiger partial charge on any atom is 0.330 e. The van der Waals surface area contributed by atoms with Crippen LogP contribution in [0.5, 0.6) is 0 Å². The molecule has 0 heterocycles. The first-order valence-electron chi connectivity index (χ1n) is 11.0. The third-order valence-electron chi connectivity index (χ3n) is 3.88. The summed E-state index contributed by atoms with van der Waals surface area (Å²) >= 11 is 0. The molecule has 0 aliphatic heterocycles. The average molecular weight is 477 g/mol. The lowest BCUT2D eigenvalue weighted by Gasteiger charge is -2.13. The lowest BCUT2D eigenvalue weighted by molar-refractivity contribution is -0.139. The van der Waals surface area contributed by atoms with Crippen LogP contribution in [0.3, 0.4) is 0 Å². The van der Waals surface area contributed by atoms with Gasteiger partial charge < -0.3 is 19.7 Å². The summed E-state index contributed by atoms with van der Waals surface area (Å²) in [5, 5.41) is 15.7. The molecule has 0 fully saturated rings. The molecule has 0 aromatic heterocycles. The number of unbranched alkanes of at least 4 members (excludes halogenated alkanes) is 1. The first-order valence-corrected chi connectivity index (χ1v) is 11.0. The zero-order chi connectivity index (χ0) is 26.6. The first-order chi connectivity index (χ1) is 16.2. The molecule has 1 rings (SSSR count). The molecular formula is C27H40O7. The number of carboxylic acids is 1. The molecule has 0 saturated heterocycles. The number of carboxylic acid groups (broad SMARTS) is 1. The summed E-state index contributed by atoms with van der Waals surface area (Å²) in [7, 11) is 0. The zero-order valence-electron chi connectivity index (χ0n) is 20.5. The van der Waals surface area contributed by atoms with Gasteiger partial charge in [-0.2, -0.15) is 0 Å². The third kappa shape index (κ3) is 28.5. The fraction of sp³-hybridized carbons (Fsp3) is 0.370. The molecule has 0 spiro atoms. The molecule has 2 N–H and O–H groups in total. The van der Waals surface area contributed by atoms with Crippen LogP contribution in [0.1, 0.15) is 45.1 Å². The van der Waals surface area contributed by atoms with E-state index in [0.29, 0.717) is 12.5 Å². The fourth-order valence-corrected chi connectivity index (χ4v) is 1.95. The van der Waals surface area contributed by atoms with Crippen LogP contribution in [-0.4, -0.2) is 47.9 Å². The Morgan fingerprint density at radius 1 is 0.941 bits per heavy atom. The third-order valence-corrected chi connectivity index (χ3v) is 3.88. The van der Waals surface area contributed by atoms with E-state index in [1.54, 1.807) is 0 Å². The summed E-state index contributed by atoms with van der Waals surface area (Å²) in [5.74, 6) is -1.28. The van der Waals surface area contributed by atoms with Gasteiger partial charge in [0.15, 0.2) is 0 Å². The number of benzene rings is 1. The van der Waals surface area contributed by atoms with Crippen LogP contribution in [0, 0.1) is 5.92 Å². The van der Waals surface area contributed by atoms with Gasteiger partial charge in [-0.1, -0.05) is 95.8 Å². The van der Waals surface area contributed by atoms with Gasteiger partial charge in [-0.25, -0.2) is 14.4 Å². The highest BCUT2D eigenvalue weighted by molar-refractivity contribution is 5.81.